The van der Waals surface area contributed by atoms with E-state index in [-0.39, 0.29) is 38.9 Å². The molecule has 0 bridgehead atoms. The van der Waals surface area contributed by atoms with E-state index in [9.17, 15) is 29.1 Å². The SMILES string of the molecule is CN/C(=N\C(=O)C(N)=O)SCC1=C(C(=O)O)N2C(=O)[C@@H](NC(=O)/C(=N\OC)c3csc(N)n3)[C@H]2SC1. The molecule has 0 radical (unpaired) electrons. The quantitative estimate of drug-likeness (QED) is 0.0817. The van der Waals surface area contributed by atoms with E-state index in [0.29, 0.717) is 5.57 Å². The number of aliphatic imine (C=N–C) groups is 1. The summed E-state index contributed by atoms with van der Waals surface area (Å²) >= 11 is 3.31. The number of rotatable bonds is 7. The molecule has 36 heavy (non-hydrogen) atoms. The fourth-order valence-corrected chi connectivity index (χ4v) is 6.02. The Balaban J connectivity index is 1.75. The Bertz CT molecular complexity index is 1210. The average Bonchev–Trinajstić information content (AvgIpc) is 3.27. The second-order valence-electron chi connectivity index (χ2n) is 6.94. The highest BCUT2D eigenvalue weighted by Crippen LogP contribution is 2.41. The zero-order chi connectivity index (χ0) is 26.6. The van der Waals surface area contributed by atoms with E-state index in [4.69, 9.17) is 16.3 Å². The number of nitrogen functional groups attached to an aromatic ring is 1. The molecule has 3 heterocycles. The van der Waals surface area contributed by atoms with Crippen molar-refractivity contribution in [1.82, 2.24) is 20.5 Å². The fraction of sp³-hybridized carbons (Fsp3) is 0.333. The van der Waals surface area contributed by atoms with Crippen LogP contribution in [0.5, 0.6) is 0 Å². The molecule has 15 nitrogen and oxygen atoms in total. The van der Waals surface area contributed by atoms with Crippen molar-refractivity contribution < 1.29 is 33.9 Å². The number of carbonyl (C=O) groups is 5. The fourth-order valence-electron chi connectivity index (χ4n) is 3.16. The van der Waals surface area contributed by atoms with Gasteiger partial charge in [0.25, 0.3) is 11.8 Å². The minimum Gasteiger partial charge on any atom is -0.477 e. The topological polar surface area (TPSA) is 232 Å². The Morgan fingerprint density at radius 2 is 2.11 bits per heavy atom. The summed E-state index contributed by atoms with van der Waals surface area (Å²) in [6.45, 7) is 0. The van der Waals surface area contributed by atoms with Gasteiger partial charge in [-0.15, -0.1) is 23.1 Å². The van der Waals surface area contributed by atoms with E-state index < -0.39 is 41.0 Å². The smallest absolute Gasteiger partial charge is 0.352 e. The second kappa shape index (κ2) is 11.4. The van der Waals surface area contributed by atoms with Crippen LogP contribution in [0.3, 0.4) is 0 Å². The number of carbonyl (C=O) groups excluding carboxylic acids is 4. The number of primary amides is 1. The predicted molar refractivity (Wildman–Crippen MR) is 133 cm³/mol. The van der Waals surface area contributed by atoms with Gasteiger partial charge in [0.05, 0.1) is 0 Å². The maximum Gasteiger partial charge on any atom is 0.352 e. The lowest BCUT2D eigenvalue weighted by molar-refractivity contribution is -0.150. The summed E-state index contributed by atoms with van der Waals surface area (Å²) in [6, 6.07) is -1.01. The molecule has 0 aliphatic carbocycles. The largest absolute Gasteiger partial charge is 0.477 e. The van der Waals surface area contributed by atoms with Crippen molar-refractivity contribution >= 4 is 80.5 Å². The number of aliphatic carboxylic acids is 1. The number of thioether (sulfide) groups is 2. The van der Waals surface area contributed by atoms with E-state index in [0.717, 1.165) is 28.0 Å². The summed E-state index contributed by atoms with van der Waals surface area (Å²) in [4.78, 5) is 73.4. The molecule has 1 saturated heterocycles. The predicted octanol–water partition coefficient (Wildman–Crippen LogP) is -1.87. The first kappa shape index (κ1) is 27.0. The molecule has 7 N–H and O–H groups in total. The van der Waals surface area contributed by atoms with Crippen molar-refractivity contribution in [3.05, 3.63) is 22.3 Å². The number of amides is 4. The van der Waals surface area contributed by atoms with Crippen LogP contribution in [0.15, 0.2) is 26.8 Å². The van der Waals surface area contributed by atoms with E-state index in [1.807, 2.05) is 0 Å². The van der Waals surface area contributed by atoms with Gasteiger partial charge in [-0.1, -0.05) is 16.9 Å². The normalized spacial score (nSPS) is 19.8. The van der Waals surface area contributed by atoms with Gasteiger partial charge in [0.1, 0.15) is 29.9 Å². The highest BCUT2D eigenvalue weighted by molar-refractivity contribution is 8.14. The highest BCUT2D eigenvalue weighted by atomic mass is 32.2. The molecule has 1 fully saturated rings. The molecular weight excluding hydrogens is 536 g/mol. The van der Waals surface area contributed by atoms with Crippen LogP contribution in [-0.2, 0) is 28.8 Å². The van der Waals surface area contributed by atoms with Crippen molar-refractivity contribution in [1.29, 1.82) is 0 Å². The molecule has 1 aromatic rings. The number of carboxylic acid groups (broad SMARTS) is 1. The number of oxime groups is 1. The van der Waals surface area contributed by atoms with Crippen LogP contribution in [0.1, 0.15) is 5.69 Å². The number of thiazole rings is 1. The van der Waals surface area contributed by atoms with Crippen LogP contribution < -0.4 is 22.1 Å². The Kier molecular flexibility index (Phi) is 8.53. The molecule has 0 aromatic carbocycles. The number of fused-ring (bicyclic) bond motifs is 1. The molecule has 192 valence electrons. The molecule has 0 saturated carbocycles. The van der Waals surface area contributed by atoms with Gasteiger partial charge in [-0.2, -0.15) is 4.99 Å². The third-order valence-corrected chi connectivity index (χ3v) is 7.78. The van der Waals surface area contributed by atoms with Gasteiger partial charge in [0.15, 0.2) is 16.0 Å². The van der Waals surface area contributed by atoms with Gasteiger partial charge in [-0.05, 0) is 5.57 Å². The molecule has 0 unspecified atom stereocenters. The standard InChI is InChI=1S/C18H20N8O7S3/c1-21-18(24-13(29)11(19)27)36-4-6-3-34-15-9(14(30)26(15)10(6)16(31)32)23-12(28)8(25-33-2)7-5-35-17(20)22-7/h5,9,15H,3-4H2,1-2H3,(H2,19,27)(H2,20,22)(H,23,28)(H,31,32)(H,21,24,29)/b25-8-/t9-,15-/m1/s1. The molecule has 1 aromatic heterocycles. The summed E-state index contributed by atoms with van der Waals surface area (Å²) < 4.78 is 0. The van der Waals surface area contributed by atoms with E-state index >= 15 is 0 Å². The molecule has 4 amide bonds. The maximum absolute atomic E-state index is 12.9. The molecule has 18 heteroatoms. The van der Waals surface area contributed by atoms with Crippen molar-refractivity contribution in [2.45, 2.75) is 11.4 Å². The van der Waals surface area contributed by atoms with Crippen LogP contribution in [0.4, 0.5) is 5.13 Å². The second-order valence-corrected chi connectivity index (χ2v) is 9.90. The van der Waals surface area contributed by atoms with Crippen LogP contribution in [-0.4, -0.2) is 92.5 Å². The Morgan fingerprint density at radius 1 is 1.39 bits per heavy atom. The molecule has 2 aliphatic rings. The van der Waals surface area contributed by atoms with Crippen molar-refractivity contribution in [3.8, 4) is 0 Å². The highest BCUT2D eigenvalue weighted by Gasteiger charge is 2.54. The molecular formula is C18H20N8O7S3. The zero-order valence-electron chi connectivity index (χ0n) is 18.7. The Hall–Kier alpha value is -3.64. The van der Waals surface area contributed by atoms with E-state index in [1.165, 1.54) is 31.3 Å². The van der Waals surface area contributed by atoms with Gasteiger partial charge in [0, 0.05) is 23.9 Å². The molecule has 2 atom stereocenters. The Labute approximate surface area is 215 Å². The van der Waals surface area contributed by atoms with Crippen LogP contribution in [0.25, 0.3) is 0 Å². The van der Waals surface area contributed by atoms with Crippen molar-refractivity contribution in [3.63, 3.8) is 0 Å². The minimum atomic E-state index is -1.33. The lowest BCUT2D eigenvalue weighted by Crippen LogP contribution is -2.71. The zero-order valence-corrected chi connectivity index (χ0v) is 21.2. The van der Waals surface area contributed by atoms with Crippen LogP contribution >= 0.6 is 34.9 Å². The number of anilines is 1. The summed E-state index contributed by atoms with van der Waals surface area (Å²) in [6.07, 6.45) is 0. The van der Waals surface area contributed by atoms with Gasteiger partial charge in [-0.25, -0.2) is 9.78 Å². The molecule has 2 aliphatic heterocycles. The number of nitrogens with one attached hydrogen (secondary N) is 2. The minimum absolute atomic E-state index is 0.0517. The number of nitrogens with two attached hydrogens (primary N) is 2. The number of carboxylic acids is 1. The van der Waals surface area contributed by atoms with Crippen LogP contribution in [0.2, 0.25) is 0 Å². The Morgan fingerprint density at radius 3 is 2.67 bits per heavy atom. The number of aromatic nitrogens is 1. The first-order chi connectivity index (χ1) is 17.1. The first-order valence-corrected chi connectivity index (χ1v) is 12.8. The summed E-state index contributed by atoms with van der Waals surface area (Å²) in [5.41, 5.74) is 10.6. The van der Waals surface area contributed by atoms with E-state index in [1.54, 1.807) is 0 Å². The van der Waals surface area contributed by atoms with Gasteiger partial charge >= 0.3 is 17.8 Å². The lowest BCUT2D eigenvalue weighted by Gasteiger charge is -2.49. The first-order valence-electron chi connectivity index (χ1n) is 9.85. The summed E-state index contributed by atoms with van der Waals surface area (Å²) in [5.74, 6) is -4.81. The number of hydrogen-bond donors (Lipinski definition) is 5. The monoisotopic (exact) mass is 556 g/mol. The molecule has 3 rings (SSSR count). The number of β-lactam (4-membered cyclic amide) rings is 1. The van der Waals surface area contributed by atoms with Crippen molar-refractivity contribution in [2.24, 2.45) is 15.9 Å². The van der Waals surface area contributed by atoms with Gasteiger partial charge in [-0.3, -0.25) is 24.1 Å². The lowest BCUT2D eigenvalue weighted by atomic mass is 10.0. The summed E-state index contributed by atoms with van der Waals surface area (Å²) in [5, 5.41) is 19.7. The number of hydrogen-bond acceptors (Lipinski definition) is 12. The third kappa shape index (κ3) is 5.60. The number of amidine groups is 1. The van der Waals surface area contributed by atoms with Gasteiger partial charge in [0.2, 0.25) is 0 Å². The van der Waals surface area contributed by atoms with E-state index in [2.05, 4.69) is 25.8 Å². The van der Waals surface area contributed by atoms with Crippen molar-refractivity contribution in [2.75, 3.05) is 31.4 Å². The summed E-state index contributed by atoms with van der Waals surface area (Å²) in [7, 11) is 2.71. The van der Waals surface area contributed by atoms with Gasteiger partial charge < -0.3 is 32.0 Å². The third-order valence-electron chi connectivity index (χ3n) is 4.71. The van der Waals surface area contributed by atoms with Crippen LogP contribution in [0, 0.1) is 0 Å². The maximum atomic E-state index is 12.9. The average molecular weight is 557 g/mol. The molecule has 0 spiro atoms. The number of nitrogens with zero attached hydrogens (tertiary/aromatic N) is 4.